The number of hydrogen-bond acceptors (Lipinski definition) is 0. The Morgan fingerprint density at radius 2 is 1.30 bits per heavy atom. The van der Waals surface area contributed by atoms with E-state index in [2.05, 4.69) is 0 Å². The van der Waals surface area contributed by atoms with E-state index < -0.39 is 0 Å². The predicted molar refractivity (Wildman–Crippen MR) is 41.7 cm³/mol. The second-order valence-corrected chi connectivity index (χ2v) is 4.59. The van der Waals surface area contributed by atoms with E-state index in [1.165, 1.54) is 23.7 Å². The van der Waals surface area contributed by atoms with Crippen molar-refractivity contribution in [3.63, 3.8) is 0 Å². The third-order valence-electron chi connectivity index (χ3n) is 4.35. The van der Waals surface area contributed by atoms with Gasteiger partial charge >= 0.3 is 0 Å². The quantitative estimate of drug-likeness (QED) is 0.480. The molecule has 10 heavy (non-hydrogen) atoms. The summed E-state index contributed by atoms with van der Waals surface area (Å²) >= 11 is 0. The van der Waals surface area contributed by atoms with Gasteiger partial charge in [-0.15, -0.1) is 0 Å². The molecule has 0 heterocycles. The Hall–Kier alpha value is 0. The Bertz CT molecular complexity index is 134. The molecule has 4 atom stereocenters. The highest BCUT2D eigenvalue weighted by Gasteiger charge is 2.48. The molecule has 0 aliphatic heterocycles. The van der Waals surface area contributed by atoms with Gasteiger partial charge < -0.3 is 0 Å². The van der Waals surface area contributed by atoms with E-state index >= 15 is 0 Å². The summed E-state index contributed by atoms with van der Waals surface area (Å²) in [5.74, 6) is 4.80. The van der Waals surface area contributed by atoms with Crippen molar-refractivity contribution in [2.24, 2.45) is 23.7 Å². The van der Waals surface area contributed by atoms with Crippen molar-refractivity contribution in [2.45, 2.75) is 38.5 Å². The maximum absolute atomic E-state index is 1.62. The Balaban J connectivity index is 1.92. The highest BCUT2D eigenvalue weighted by atomic mass is 14.5. The number of fused-ring (bicyclic) bond motifs is 5. The zero-order chi connectivity index (χ0) is 6.55. The largest absolute Gasteiger partial charge is 0.0527 e. The minimum absolute atomic E-state index is 1.19. The van der Waals surface area contributed by atoms with Crippen LogP contribution in [0.3, 0.4) is 0 Å². The molecular formula is C10H16. The first kappa shape index (κ1) is 5.62. The molecule has 0 nitrogen and oxygen atoms in total. The number of hydrogen-bond donors (Lipinski definition) is 0. The van der Waals surface area contributed by atoms with Crippen molar-refractivity contribution in [1.82, 2.24) is 0 Å². The van der Waals surface area contributed by atoms with Crippen LogP contribution in [-0.4, -0.2) is 0 Å². The van der Waals surface area contributed by atoms with Crippen LogP contribution in [0.1, 0.15) is 38.5 Å². The molecule has 0 aromatic carbocycles. The third-order valence-corrected chi connectivity index (χ3v) is 4.35. The Kier molecular flexibility index (Phi) is 1.00. The van der Waals surface area contributed by atoms with Gasteiger partial charge in [-0.25, -0.2) is 0 Å². The molecule has 0 amide bonds. The Labute approximate surface area is 63.0 Å². The molecule has 3 saturated carbocycles. The molecule has 0 N–H and O–H groups in total. The summed E-state index contributed by atoms with van der Waals surface area (Å²) in [5, 5.41) is 0. The van der Waals surface area contributed by atoms with Gasteiger partial charge in [0, 0.05) is 0 Å². The highest BCUT2D eigenvalue weighted by Crippen LogP contribution is 2.58. The summed E-state index contributed by atoms with van der Waals surface area (Å²) in [5.41, 5.74) is 0. The smallest absolute Gasteiger partial charge is 0.0355 e. The molecule has 0 saturated heterocycles. The van der Waals surface area contributed by atoms with Crippen LogP contribution < -0.4 is 0 Å². The first-order valence-electron chi connectivity index (χ1n) is 4.95. The van der Waals surface area contributed by atoms with Gasteiger partial charge in [0.2, 0.25) is 0 Å². The lowest BCUT2D eigenvalue weighted by molar-refractivity contribution is 0.259. The lowest BCUT2D eigenvalue weighted by atomic mass is 9.82. The molecule has 2 bridgehead atoms. The molecule has 56 valence electrons. The summed E-state index contributed by atoms with van der Waals surface area (Å²) in [6, 6.07) is 0. The minimum Gasteiger partial charge on any atom is -0.0527 e. The molecule has 0 aromatic heterocycles. The van der Waals surface area contributed by atoms with Gasteiger partial charge in [-0.2, -0.15) is 0 Å². The van der Waals surface area contributed by atoms with Crippen molar-refractivity contribution in [2.75, 3.05) is 0 Å². The van der Waals surface area contributed by atoms with Crippen LogP contribution >= 0.6 is 0 Å². The van der Waals surface area contributed by atoms with Crippen molar-refractivity contribution >= 4 is 0 Å². The molecule has 3 fully saturated rings. The lowest BCUT2D eigenvalue weighted by Gasteiger charge is -2.23. The van der Waals surface area contributed by atoms with Crippen LogP contribution in [-0.2, 0) is 0 Å². The van der Waals surface area contributed by atoms with Gasteiger partial charge in [0.1, 0.15) is 0 Å². The lowest BCUT2D eigenvalue weighted by Crippen LogP contribution is -2.15. The van der Waals surface area contributed by atoms with Gasteiger partial charge in [0.15, 0.2) is 0 Å². The third kappa shape index (κ3) is 0.538. The van der Waals surface area contributed by atoms with Crippen LogP contribution in [0.25, 0.3) is 0 Å². The number of rotatable bonds is 0. The molecule has 0 unspecified atom stereocenters. The molecule has 3 aliphatic rings. The zero-order valence-electron chi connectivity index (χ0n) is 6.55. The van der Waals surface area contributed by atoms with Gasteiger partial charge in [-0.05, 0) is 55.8 Å². The fourth-order valence-corrected chi connectivity index (χ4v) is 4.02. The van der Waals surface area contributed by atoms with Gasteiger partial charge in [0.05, 0.1) is 0 Å². The zero-order valence-corrected chi connectivity index (χ0v) is 6.55. The topological polar surface area (TPSA) is 0 Å². The standard InChI is InChI=1S/C10H16/c1-2-9-7-4-5-8(6-7)10(9)3-1/h7-10H,1-6H2/t7-,8+,9+,10-. The van der Waals surface area contributed by atoms with E-state index in [1.54, 1.807) is 38.5 Å². The fourth-order valence-electron chi connectivity index (χ4n) is 4.02. The van der Waals surface area contributed by atoms with E-state index in [9.17, 15) is 0 Å². The van der Waals surface area contributed by atoms with Crippen LogP contribution in [0.2, 0.25) is 0 Å². The molecule has 3 rings (SSSR count). The van der Waals surface area contributed by atoms with Crippen molar-refractivity contribution < 1.29 is 0 Å². The monoisotopic (exact) mass is 136 g/mol. The van der Waals surface area contributed by atoms with Crippen molar-refractivity contribution in [1.29, 1.82) is 0 Å². The predicted octanol–water partition coefficient (Wildman–Crippen LogP) is 2.83. The average Bonchev–Trinajstić information content (AvgIpc) is 2.60. The maximum atomic E-state index is 1.62. The van der Waals surface area contributed by atoms with E-state index in [0.29, 0.717) is 0 Å². The van der Waals surface area contributed by atoms with Crippen molar-refractivity contribution in [3.05, 3.63) is 0 Å². The van der Waals surface area contributed by atoms with Crippen LogP contribution in [0.4, 0.5) is 0 Å². The van der Waals surface area contributed by atoms with Crippen LogP contribution in [0, 0.1) is 23.7 Å². The van der Waals surface area contributed by atoms with Gasteiger partial charge in [-0.3, -0.25) is 0 Å². The maximum Gasteiger partial charge on any atom is -0.0355 e. The molecule has 0 spiro atoms. The van der Waals surface area contributed by atoms with Crippen LogP contribution in [0.5, 0.6) is 0 Å². The average molecular weight is 136 g/mol. The van der Waals surface area contributed by atoms with E-state index in [1.807, 2.05) is 0 Å². The SMILES string of the molecule is C1C[C@@H]2[C@H]3CC[C@H](C3)[C@@H]2C1. The second kappa shape index (κ2) is 1.78. The van der Waals surface area contributed by atoms with Crippen molar-refractivity contribution in [3.8, 4) is 0 Å². The summed E-state index contributed by atoms with van der Waals surface area (Å²) in [6.07, 6.45) is 9.53. The Morgan fingerprint density at radius 3 is 1.90 bits per heavy atom. The van der Waals surface area contributed by atoms with Gasteiger partial charge in [-0.1, -0.05) is 6.42 Å². The van der Waals surface area contributed by atoms with Crippen LogP contribution in [0.15, 0.2) is 0 Å². The summed E-state index contributed by atoms with van der Waals surface area (Å²) in [6.45, 7) is 0. The summed E-state index contributed by atoms with van der Waals surface area (Å²) in [7, 11) is 0. The summed E-state index contributed by atoms with van der Waals surface area (Å²) in [4.78, 5) is 0. The Morgan fingerprint density at radius 1 is 0.700 bits per heavy atom. The first-order valence-corrected chi connectivity index (χ1v) is 4.95. The first-order chi connectivity index (χ1) is 4.95. The molecule has 0 heteroatoms. The molecule has 0 aromatic rings. The summed E-state index contributed by atoms with van der Waals surface area (Å²) < 4.78 is 0. The molecule has 0 radical (unpaired) electrons. The molecule has 3 aliphatic carbocycles. The van der Waals surface area contributed by atoms with E-state index in [-0.39, 0.29) is 0 Å². The second-order valence-electron chi connectivity index (χ2n) is 4.59. The highest BCUT2D eigenvalue weighted by molar-refractivity contribution is 4.98. The molecular weight excluding hydrogens is 120 g/mol. The van der Waals surface area contributed by atoms with Gasteiger partial charge in [0.25, 0.3) is 0 Å². The normalized spacial score (nSPS) is 57.6. The minimum atomic E-state index is 1.19. The fraction of sp³-hybridized carbons (Fsp3) is 1.00. The van der Waals surface area contributed by atoms with E-state index in [4.69, 9.17) is 0 Å². The van der Waals surface area contributed by atoms with E-state index in [0.717, 1.165) is 0 Å².